The van der Waals surface area contributed by atoms with Gasteiger partial charge in [0.25, 0.3) is 0 Å². The van der Waals surface area contributed by atoms with Crippen LogP contribution in [0.15, 0.2) is 17.0 Å². The van der Waals surface area contributed by atoms with E-state index in [0.29, 0.717) is 11.4 Å². The van der Waals surface area contributed by atoms with Gasteiger partial charge in [0.2, 0.25) is 0 Å². The van der Waals surface area contributed by atoms with Crippen molar-refractivity contribution in [1.82, 2.24) is 5.48 Å². The van der Waals surface area contributed by atoms with Crippen molar-refractivity contribution in [1.29, 1.82) is 0 Å². The van der Waals surface area contributed by atoms with Crippen molar-refractivity contribution in [3.05, 3.63) is 28.8 Å². The van der Waals surface area contributed by atoms with Gasteiger partial charge in [-0.1, -0.05) is 0 Å². The van der Waals surface area contributed by atoms with Crippen LogP contribution in [0.3, 0.4) is 0 Å². The molecule has 0 atom stereocenters. The Kier molecular flexibility index (Phi) is 4.07. The zero-order valence-electron chi connectivity index (χ0n) is 9.99. The Balaban J connectivity index is 3.22. The number of benzene rings is 1. The number of sulfone groups is 1. The first-order chi connectivity index (χ1) is 7.36. The molecule has 5 heteroatoms. The predicted octanol–water partition coefficient (Wildman–Crippen LogP) is 1.36. The first-order valence-corrected chi connectivity index (χ1v) is 6.81. The Morgan fingerprint density at radius 3 is 2.44 bits per heavy atom. The molecule has 90 valence electrons. The molecule has 0 heterocycles. The Bertz CT molecular complexity index is 480. The van der Waals surface area contributed by atoms with E-state index in [1.165, 1.54) is 13.4 Å². The second-order valence-corrected chi connectivity index (χ2v) is 5.84. The summed E-state index contributed by atoms with van der Waals surface area (Å²) >= 11 is 0. The molecule has 0 saturated heterocycles. The first kappa shape index (κ1) is 13.2. The van der Waals surface area contributed by atoms with Crippen LogP contribution in [-0.2, 0) is 21.2 Å². The second-order valence-electron chi connectivity index (χ2n) is 3.82. The van der Waals surface area contributed by atoms with E-state index in [1.807, 2.05) is 13.8 Å². The fraction of sp³-hybridized carbons (Fsp3) is 0.455. The van der Waals surface area contributed by atoms with E-state index in [1.54, 1.807) is 12.1 Å². The molecule has 0 unspecified atom stereocenters. The number of rotatable bonds is 4. The molecular formula is C11H17NO3S. The summed E-state index contributed by atoms with van der Waals surface area (Å²) in [7, 11) is -1.63. The highest BCUT2D eigenvalue weighted by molar-refractivity contribution is 7.90. The monoisotopic (exact) mass is 243 g/mol. The van der Waals surface area contributed by atoms with E-state index >= 15 is 0 Å². The average Bonchev–Trinajstić information content (AvgIpc) is 2.18. The van der Waals surface area contributed by atoms with E-state index < -0.39 is 9.84 Å². The van der Waals surface area contributed by atoms with Gasteiger partial charge in [0.1, 0.15) is 0 Å². The Morgan fingerprint density at radius 1 is 1.31 bits per heavy atom. The molecule has 1 aromatic carbocycles. The van der Waals surface area contributed by atoms with Gasteiger partial charge in [-0.2, -0.15) is 5.48 Å². The van der Waals surface area contributed by atoms with E-state index in [4.69, 9.17) is 4.84 Å². The Labute approximate surface area is 96.5 Å². The van der Waals surface area contributed by atoms with Gasteiger partial charge in [-0.3, -0.25) is 0 Å². The number of hydrogen-bond acceptors (Lipinski definition) is 4. The summed E-state index contributed by atoms with van der Waals surface area (Å²) in [5.41, 5.74) is 5.70. The SMILES string of the molecule is CONCc1cc(S(C)(=O)=O)cc(C)c1C. The van der Waals surface area contributed by atoms with Gasteiger partial charge in [-0.25, -0.2) is 8.42 Å². The molecule has 1 rings (SSSR count). The minimum absolute atomic E-state index is 0.350. The minimum atomic E-state index is -3.16. The van der Waals surface area contributed by atoms with Gasteiger partial charge >= 0.3 is 0 Å². The molecule has 1 aromatic rings. The molecule has 0 fully saturated rings. The van der Waals surface area contributed by atoms with Gasteiger partial charge in [-0.15, -0.1) is 0 Å². The molecule has 0 aromatic heterocycles. The second kappa shape index (κ2) is 4.95. The number of hydroxylamine groups is 1. The van der Waals surface area contributed by atoms with Gasteiger partial charge in [-0.05, 0) is 42.7 Å². The minimum Gasteiger partial charge on any atom is -0.305 e. The maximum atomic E-state index is 11.5. The van der Waals surface area contributed by atoms with Crippen molar-refractivity contribution in [3.8, 4) is 0 Å². The highest BCUT2D eigenvalue weighted by Crippen LogP contribution is 2.19. The maximum absolute atomic E-state index is 11.5. The van der Waals surface area contributed by atoms with E-state index in [9.17, 15) is 8.42 Å². The maximum Gasteiger partial charge on any atom is 0.175 e. The smallest absolute Gasteiger partial charge is 0.175 e. The fourth-order valence-corrected chi connectivity index (χ4v) is 2.19. The van der Waals surface area contributed by atoms with Crippen LogP contribution in [0.2, 0.25) is 0 Å². The van der Waals surface area contributed by atoms with Gasteiger partial charge in [0.05, 0.1) is 12.0 Å². The third-order valence-electron chi connectivity index (χ3n) is 2.58. The third-order valence-corrected chi connectivity index (χ3v) is 3.68. The van der Waals surface area contributed by atoms with Gasteiger partial charge in [0, 0.05) is 12.8 Å². The number of aryl methyl sites for hydroxylation is 1. The predicted molar refractivity (Wildman–Crippen MR) is 62.9 cm³/mol. The van der Waals surface area contributed by atoms with Crippen LogP contribution in [0, 0.1) is 13.8 Å². The zero-order valence-corrected chi connectivity index (χ0v) is 10.8. The molecule has 1 N–H and O–H groups in total. The molecule has 16 heavy (non-hydrogen) atoms. The van der Waals surface area contributed by atoms with Crippen molar-refractivity contribution in [3.63, 3.8) is 0 Å². The lowest BCUT2D eigenvalue weighted by Crippen LogP contribution is -2.13. The molecule has 4 nitrogen and oxygen atoms in total. The lowest BCUT2D eigenvalue weighted by molar-refractivity contribution is 0.0865. The van der Waals surface area contributed by atoms with E-state index in [2.05, 4.69) is 5.48 Å². The Morgan fingerprint density at radius 2 is 1.94 bits per heavy atom. The summed E-state index contributed by atoms with van der Waals surface area (Å²) in [5, 5.41) is 0. The summed E-state index contributed by atoms with van der Waals surface area (Å²) < 4.78 is 22.9. The molecule has 0 saturated carbocycles. The van der Waals surface area contributed by atoms with Crippen LogP contribution < -0.4 is 5.48 Å². The first-order valence-electron chi connectivity index (χ1n) is 4.92. The van der Waals surface area contributed by atoms with Crippen molar-refractivity contribution >= 4 is 9.84 Å². The van der Waals surface area contributed by atoms with Crippen molar-refractivity contribution in [2.24, 2.45) is 0 Å². The van der Waals surface area contributed by atoms with Crippen LogP contribution >= 0.6 is 0 Å². The number of nitrogens with one attached hydrogen (secondary N) is 1. The fourth-order valence-electron chi connectivity index (χ4n) is 1.44. The molecule has 0 radical (unpaired) electrons. The summed E-state index contributed by atoms with van der Waals surface area (Å²) in [4.78, 5) is 5.12. The van der Waals surface area contributed by atoms with E-state index in [-0.39, 0.29) is 0 Å². The summed E-state index contributed by atoms with van der Waals surface area (Å²) in [5.74, 6) is 0. The highest BCUT2D eigenvalue weighted by atomic mass is 32.2. The Hall–Kier alpha value is -0.910. The molecule has 0 aliphatic heterocycles. The van der Waals surface area contributed by atoms with Crippen LogP contribution in [0.5, 0.6) is 0 Å². The molecule has 0 bridgehead atoms. The van der Waals surface area contributed by atoms with Crippen molar-refractivity contribution in [2.75, 3.05) is 13.4 Å². The molecule has 0 amide bonds. The molecule has 0 aliphatic rings. The molecular weight excluding hydrogens is 226 g/mol. The van der Waals surface area contributed by atoms with Crippen molar-refractivity contribution < 1.29 is 13.3 Å². The summed E-state index contributed by atoms with van der Waals surface area (Å²) in [6.45, 7) is 4.36. The van der Waals surface area contributed by atoms with E-state index in [0.717, 1.165) is 16.7 Å². The van der Waals surface area contributed by atoms with Crippen LogP contribution in [0.1, 0.15) is 16.7 Å². The molecule has 0 spiro atoms. The standard InChI is InChI=1S/C11H17NO3S/c1-8-5-11(16(4,13)14)6-10(9(8)2)7-12-15-3/h5-6,12H,7H2,1-4H3. The van der Waals surface area contributed by atoms with Crippen molar-refractivity contribution in [2.45, 2.75) is 25.3 Å². The number of hydrogen-bond donors (Lipinski definition) is 1. The lowest BCUT2D eigenvalue weighted by Gasteiger charge is -2.11. The van der Waals surface area contributed by atoms with Gasteiger partial charge < -0.3 is 4.84 Å². The summed E-state index contributed by atoms with van der Waals surface area (Å²) in [6, 6.07) is 3.38. The highest BCUT2D eigenvalue weighted by Gasteiger charge is 2.11. The van der Waals surface area contributed by atoms with Crippen LogP contribution in [-0.4, -0.2) is 21.8 Å². The quantitative estimate of drug-likeness (QED) is 0.811. The van der Waals surface area contributed by atoms with Crippen LogP contribution in [0.25, 0.3) is 0 Å². The normalized spacial score (nSPS) is 11.8. The van der Waals surface area contributed by atoms with Gasteiger partial charge in [0.15, 0.2) is 9.84 Å². The lowest BCUT2D eigenvalue weighted by atomic mass is 10.0. The topological polar surface area (TPSA) is 55.4 Å². The third kappa shape index (κ3) is 3.04. The average molecular weight is 243 g/mol. The zero-order chi connectivity index (χ0) is 12.3. The molecule has 0 aliphatic carbocycles. The largest absolute Gasteiger partial charge is 0.305 e. The van der Waals surface area contributed by atoms with Crippen LogP contribution in [0.4, 0.5) is 0 Å². The summed E-state index contributed by atoms with van der Waals surface area (Å²) in [6.07, 6.45) is 1.21.